The quantitative estimate of drug-likeness (QED) is 0.172. The van der Waals surface area contributed by atoms with Gasteiger partial charge in [0.15, 0.2) is 0 Å². The van der Waals surface area contributed by atoms with Crippen molar-refractivity contribution in [3.05, 3.63) is 12.2 Å². The average molecular weight is 504 g/mol. The van der Waals surface area contributed by atoms with Crippen LogP contribution in [0.1, 0.15) is 71.6 Å². The molecule has 5 atom stereocenters. The minimum absolute atomic E-state index is 0.0325. The van der Waals surface area contributed by atoms with Crippen LogP contribution in [-0.2, 0) is 9.59 Å². The zero-order valence-corrected chi connectivity index (χ0v) is 19.0. The third kappa shape index (κ3) is 9.53. The van der Waals surface area contributed by atoms with Crippen molar-refractivity contribution in [1.82, 2.24) is 0 Å². The van der Waals surface area contributed by atoms with Gasteiger partial charge in [0.2, 0.25) is 0 Å². The fourth-order valence-corrected chi connectivity index (χ4v) is 4.07. The van der Waals surface area contributed by atoms with Crippen LogP contribution in [0.4, 0.5) is 0 Å². The monoisotopic (exact) mass is 504 g/mol. The Morgan fingerprint density at radius 3 is 2.79 bits per heavy atom. The highest BCUT2D eigenvalue weighted by molar-refractivity contribution is 14.1. The molecule has 5 unspecified atom stereocenters. The zero-order chi connectivity index (χ0) is 21.2. The molecule has 0 spiro atoms. The molecule has 0 aliphatic heterocycles. The molecule has 1 aliphatic carbocycles. The maximum absolute atomic E-state index is 12.2. The van der Waals surface area contributed by atoms with Gasteiger partial charge in [-0.1, -0.05) is 60.4 Å². The van der Waals surface area contributed by atoms with Crippen LogP contribution < -0.4 is 0 Å². The van der Waals surface area contributed by atoms with Crippen LogP contribution in [0.3, 0.4) is 0 Å². The molecule has 158 valence electrons. The molecular formula is C22H33IO5. The molecule has 1 saturated carbocycles. The smallest absolute Gasteiger partial charge is 0.303 e. The molecule has 0 heterocycles. The normalized spacial score (nSPS) is 25.3. The number of hydrogen-bond acceptors (Lipinski definition) is 4. The molecule has 0 bridgehead atoms. The highest BCUT2D eigenvalue weighted by Crippen LogP contribution is 2.33. The standard InChI is InChI=1S/C22H33IO5/c1-3-4-13-22(2,28)14-7-11-18-17(19(24)15-20(18)25)10-5-8-16(23)9-6-12-21(26)27/h7,11,16-18,20,25,28H,3-4,6,9-10,12-15H2,1-2H3,(H,26,27)/b11-7+. The van der Waals surface area contributed by atoms with E-state index in [0.29, 0.717) is 25.7 Å². The van der Waals surface area contributed by atoms with Crippen molar-refractivity contribution in [3.63, 3.8) is 0 Å². The Kier molecular flexibility index (Phi) is 11.3. The van der Waals surface area contributed by atoms with Gasteiger partial charge in [-0.3, -0.25) is 9.59 Å². The molecule has 3 N–H and O–H groups in total. The van der Waals surface area contributed by atoms with Crippen LogP contribution in [0, 0.1) is 23.7 Å². The van der Waals surface area contributed by atoms with Crippen LogP contribution >= 0.6 is 22.6 Å². The van der Waals surface area contributed by atoms with E-state index in [1.165, 1.54) is 0 Å². The van der Waals surface area contributed by atoms with Gasteiger partial charge in [-0.2, -0.15) is 0 Å². The first kappa shape index (κ1) is 25.1. The summed E-state index contributed by atoms with van der Waals surface area (Å²) in [4.78, 5) is 22.8. The Morgan fingerprint density at radius 2 is 2.14 bits per heavy atom. The summed E-state index contributed by atoms with van der Waals surface area (Å²) in [5.41, 5.74) is -0.764. The summed E-state index contributed by atoms with van der Waals surface area (Å²) in [6.45, 7) is 3.90. The molecule has 0 radical (unpaired) electrons. The molecule has 6 heteroatoms. The Labute approximate surface area is 182 Å². The number of aliphatic hydroxyl groups excluding tert-OH is 1. The second kappa shape index (κ2) is 12.6. The number of rotatable bonds is 11. The number of carboxylic acids is 1. The summed E-state index contributed by atoms with van der Waals surface area (Å²) in [7, 11) is 0. The van der Waals surface area contributed by atoms with E-state index in [9.17, 15) is 19.8 Å². The summed E-state index contributed by atoms with van der Waals surface area (Å²) in [5.74, 6) is 4.80. The van der Waals surface area contributed by atoms with Gasteiger partial charge in [0.25, 0.3) is 0 Å². The lowest BCUT2D eigenvalue weighted by atomic mass is 9.89. The molecule has 0 aromatic carbocycles. The minimum atomic E-state index is -0.801. The number of alkyl halides is 1. The Balaban J connectivity index is 2.59. The maximum Gasteiger partial charge on any atom is 0.303 e. The van der Waals surface area contributed by atoms with Crippen molar-refractivity contribution >= 4 is 34.3 Å². The SMILES string of the molecule is CCCCC(C)(O)C/C=C/C1C(O)CC(=O)C1CC#CC(I)CCCC(=O)O. The van der Waals surface area contributed by atoms with E-state index in [2.05, 4.69) is 41.4 Å². The third-order valence-corrected chi connectivity index (χ3v) is 6.08. The molecule has 0 aromatic heterocycles. The second-order valence-corrected chi connectivity index (χ2v) is 9.44. The summed E-state index contributed by atoms with van der Waals surface area (Å²) in [6.07, 6.45) is 8.28. The fourth-order valence-electron chi connectivity index (χ4n) is 3.41. The van der Waals surface area contributed by atoms with Crippen molar-refractivity contribution in [2.45, 2.75) is 87.3 Å². The molecule has 28 heavy (non-hydrogen) atoms. The molecule has 0 saturated heterocycles. The average Bonchev–Trinajstić information content (AvgIpc) is 2.86. The van der Waals surface area contributed by atoms with E-state index in [0.717, 1.165) is 19.3 Å². The van der Waals surface area contributed by atoms with Crippen LogP contribution in [0.2, 0.25) is 0 Å². The first-order valence-corrected chi connectivity index (χ1v) is 11.3. The van der Waals surface area contributed by atoms with Gasteiger partial charge in [-0.15, -0.1) is 5.92 Å². The summed E-state index contributed by atoms with van der Waals surface area (Å²) >= 11 is 2.19. The number of carbonyl (C=O) groups is 2. The van der Waals surface area contributed by atoms with Gasteiger partial charge in [0.1, 0.15) is 5.78 Å². The van der Waals surface area contributed by atoms with Crippen LogP contribution in [0.25, 0.3) is 0 Å². The highest BCUT2D eigenvalue weighted by atomic mass is 127. The number of aliphatic hydroxyl groups is 2. The fraction of sp³-hybridized carbons (Fsp3) is 0.727. The number of halogens is 1. The van der Waals surface area contributed by atoms with E-state index in [4.69, 9.17) is 5.11 Å². The van der Waals surface area contributed by atoms with Gasteiger partial charge in [0.05, 0.1) is 15.6 Å². The Hall–Kier alpha value is -0.910. The number of unbranched alkanes of at least 4 members (excludes halogenated alkanes) is 1. The molecule has 5 nitrogen and oxygen atoms in total. The van der Waals surface area contributed by atoms with Crippen molar-refractivity contribution in [2.24, 2.45) is 11.8 Å². The van der Waals surface area contributed by atoms with Crippen LogP contribution in [0.15, 0.2) is 12.2 Å². The van der Waals surface area contributed by atoms with Crippen molar-refractivity contribution in [2.75, 3.05) is 0 Å². The van der Waals surface area contributed by atoms with Gasteiger partial charge < -0.3 is 15.3 Å². The summed E-state index contributed by atoms with van der Waals surface area (Å²) < 4.78 is 0.0565. The molecule has 1 aliphatic rings. The Bertz CT molecular complexity index is 602. The van der Waals surface area contributed by atoms with Gasteiger partial charge >= 0.3 is 5.97 Å². The number of hydrogen-bond donors (Lipinski definition) is 3. The molecule has 1 rings (SSSR count). The summed E-state index contributed by atoms with van der Waals surface area (Å²) in [5, 5.41) is 29.3. The number of Topliss-reactive ketones (excluding diaryl/α,β-unsaturated/α-hetero) is 1. The van der Waals surface area contributed by atoms with E-state index >= 15 is 0 Å². The third-order valence-electron chi connectivity index (χ3n) is 5.15. The van der Waals surface area contributed by atoms with E-state index in [1.807, 2.05) is 19.1 Å². The zero-order valence-electron chi connectivity index (χ0n) is 16.9. The Morgan fingerprint density at radius 1 is 1.43 bits per heavy atom. The first-order valence-electron chi connectivity index (χ1n) is 10.1. The molecule has 0 amide bonds. The van der Waals surface area contributed by atoms with Crippen molar-refractivity contribution < 1.29 is 24.9 Å². The van der Waals surface area contributed by atoms with Crippen molar-refractivity contribution in [1.29, 1.82) is 0 Å². The molecule has 1 fully saturated rings. The van der Waals surface area contributed by atoms with Crippen LogP contribution in [0.5, 0.6) is 0 Å². The lowest BCUT2D eigenvalue weighted by Crippen LogP contribution is -2.23. The first-order chi connectivity index (χ1) is 13.2. The van der Waals surface area contributed by atoms with E-state index in [-0.39, 0.29) is 34.4 Å². The maximum atomic E-state index is 12.2. The lowest BCUT2D eigenvalue weighted by Gasteiger charge is -2.22. The van der Waals surface area contributed by atoms with Gasteiger partial charge in [0, 0.05) is 31.1 Å². The van der Waals surface area contributed by atoms with Crippen LogP contribution in [-0.4, -0.2) is 42.7 Å². The highest BCUT2D eigenvalue weighted by Gasteiger charge is 2.39. The number of carbonyl (C=O) groups excluding carboxylic acids is 1. The predicted octanol–water partition coefficient (Wildman–Crippen LogP) is 3.89. The number of aliphatic carboxylic acids is 1. The minimum Gasteiger partial charge on any atom is -0.481 e. The van der Waals surface area contributed by atoms with Gasteiger partial charge in [-0.05, 0) is 32.6 Å². The number of carboxylic acid groups (broad SMARTS) is 1. The topological polar surface area (TPSA) is 94.8 Å². The number of ketones is 1. The van der Waals surface area contributed by atoms with E-state index < -0.39 is 17.7 Å². The largest absolute Gasteiger partial charge is 0.481 e. The van der Waals surface area contributed by atoms with Crippen molar-refractivity contribution in [3.8, 4) is 11.8 Å². The predicted molar refractivity (Wildman–Crippen MR) is 118 cm³/mol. The molecular weight excluding hydrogens is 471 g/mol. The van der Waals surface area contributed by atoms with Gasteiger partial charge in [-0.25, -0.2) is 0 Å². The molecule has 0 aromatic rings. The lowest BCUT2D eigenvalue weighted by molar-refractivity contribution is -0.137. The van der Waals surface area contributed by atoms with E-state index in [1.54, 1.807) is 0 Å². The summed E-state index contributed by atoms with van der Waals surface area (Å²) in [6, 6.07) is 0. The second-order valence-electron chi connectivity index (χ2n) is 7.93.